The number of hydrogen-bond acceptors (Lipinski definition) is 2. The Morgan fingerprint density at radius 3 is 2.67 bits per heavy atom. The smallest absolute Gasteiger partial charge is 0.169 e. The predicted octanol–water partition coefficient (Wildman–Crippen LogP) is 3.01. The minimum atomic E-state index is -0.138. The van der Waals surface area contributed by atoms with Crippen LogP contribution in [0.15, 0.2) is 32.9 Å². The zero-order valence-electron chi connectivity index (χ0n) is 7.17. The van der Waals surface area contributed by atoms with Crippen LogP contribution in [0.5, 0.6) is 0 Å². The summed E-state index contributed by atoms with van der Waals surface area (Å²) in [4.78, 5) is 0. The molecule has 1 aromatic heterocycles. The van der Waals surface area contributed by atoms with Crippen molar-refractivity contribution in [2.24, 2.45) is 5.73 Å². The molecule has 0 aliphatic carbocycles. The maximum atomic E-state index is 5.82. The Morgan fingerprint density at radius 2 is 2.25 bits per heavy atom. The molecule has 1 heterocycles. The van der Waals surface area contributed by atoms with Gasteiger partial charge >= 0.3 is 0 Å². The summed E-state index contributed by atoms with van der Waals surface area (Å²) in [6.45, 7) is 4.02. The Labute approximate surface area is 80.6 Å². The van der Waals surface area contributed by atoms with Crippen LogP contribution in [-0.4, -0.2) is 0 Å². The third-order valence-corrected chi connectivity index (χ3v) is 1.86. The lowest BCUT2D eigenvalue weighted by Crippen LogP contribution is -2.05. The van der Waals surface area contributed by atoms with Gasteiger partial charge in [-0.15, -0.1) is 0 Å². The number of halogens is 1. The molecule has 1 unspecified atom stereocenters. The summed E-state index contributed by atoms with van der Waals surface area (Å²) in [6, 6.07) is 3.57. The van der Waals surface area contributed by atoms with Gasteiger partial charge in [-0.2, -0.15) is 0 Å². The van der Waals surface area contributed by atoms with E-state index in [0.717, 1.165) is 10.4 Å². The van der Waals surface area contributed by atoms with Crippen molar-refractivity contribution in [3.8, 4) is 0 Å². The van der Waals surface area contributed by atoms with Crippen molar-refractivity contribution in [3.63, 3.8) is 0 Å². The van der Waals surface area contributed by atoms with Gasteiger partial charge in [0.2, 0.25) is 0 Å². The van der Waals surface area contributed by atoms with Crippen molar-refractivity contribution in [1.82, 2.24) is 0 Å². The lowest BCUT2D eigenvalue weighted by Gasteiger charge is -2.02. The van der Waals surface area contributed by atoms with E-state index in [-0.39, 0.29) is 6.04 Å². The highest BCUT2D eigenvalue weighted by Crippen LogP contribution is 2.20. The molecule has 1 rings (SSSR count). The highest BCUT2D eigenvalue weighted by Gasteiger charge is 2.06. The molecule has 0 aliphatic rings. The first-order chi connectivity index (χ1) is 5.59. The van der Waals surface area contributed by atoms with E-state index >= 15 is 0 Å². The Morgan fingerprint density at radius 1 is 1.58 bits per heavy atom. The van der Waals surface area contributed by atoms with Gasteiger partial charge in [0, 0.05) is 0 Å². The van der Waals surface area contributed by atoms with Gasteiger partial charge in [-0.25, -0.2) is 0 Å². The van der Waals surface area contributed by atoms with E-state index in [1.54, 1.807) is 0 Å². The first-order valence-electron chi connectivity index (χ1n) is 3.75. The fraction of sp³-hybridized carbons (Fsp3) is 0.333. The molecule has 66 valence electrons. The van der Waals surface area contributed by atoms with Crippen LogP contribution >= 0.6 is 15.9 Å². The van der Waals surface area contributed by atoms with Gasteiger partial charge in [-0.3, -0.25) is 0 Å². The van der Waals surface area contributed by atoms with Gasteiger partial charge in [-0.05, 0) is 41.9 Å². The van der Waals surface area contributed by atoms with Crippen LogP contribution in [-0.2, 0) is 0 Å². The number of nitrogens with two attached hydrogens (primary N) is 1. The first kappa shape index (κ1) is 9.55. The molecule has 2 nitrogen and oxygen atoms in total. The third kappa shape index (κ3) is 2.50. The fourth-order valence-corrected chi connectivity index (χ4v) is 1.27. The van der Waals surface area contributed by atoms with Gasteiger partial charge in [-0.1, -0.05) is 11.6 Å². The number of allylic oxidation sites excluding steroid dienone is 1. The molecule has 0 aromatic carbocycles. The largest absolute Gasteiger partial charge is 0.452 e. The van der Waals surface area contributed by atoms with Crippen LogP contribution in [0.2, 0.25) is 0 Å². The lowest BCUT2D eigenvalue weighted by atomic mass is 10.2. The number of rotatable bonds is 2. The molecule has 0 amide bonds. The standard InChI is InChI=1S/C9H12BrNO/c1-6(2)5-7(11)8-3-4-9(10)12-8/h3-5,7H,11H2,1-2H3. The highest BCUT2D eigenvalue weighted by atomic mass is 79.9. The molecular weight excluding hydrogens is 218 g/mol. The van der Waals surface area contributed by atoms with Crippen LogP contribution in [0.4, 0.5) is 0 Å². The summed E-state index contributed by atoms with van der Waals surface area (Å²) in [5, 5.41) is 0. The number of hydrogen-bond donors (Lipinski definition) is 1. The molecule has 0 saturated carbocycles. The van der Waals surface area contributed by atoms with E-state index in [4.69, 9.17) is 10.2 Å². The summed E-state index contributed by atoms with van der Waals surface area (Å²) < 4.78 is 6.01. The van der Waals surface area contributed by atoms with E-state index < -0.39 is 0 Å². The van der Waals surface area contributed by atoms with Crippen LogP contribution in [0.1, 0.15) is 25.6 Å². The SMILES string of the molecule is CC(C)=CC(N)c1ccc(Br)o1. The quantitative estimate of drug-likeness (QED) is 0.793. The van der Waals surface area contributed by atoms with Crippen LogP contribution < -0.4 is 5.73 Å². The molecule has 0 bridgehead atoms. The minimum Gasteiger partial charge on any atom is -0.452 e. The van der Waals surface area contributed by atoms with Gasteiger partial charge in [0.25, 0.3) is 0 Å². The lowest BCUT2D eigenvalue weighted by molar-refractivity contribution is 0.473. The first-order valence-corrected chi connectivity index (χ1v) is 4.54. The topological polar surface area (TPSA) is 39.2 Å². The average Bonchev–Trinajstić information content (AvgIpc) is 2.34. The minimum absolute atomic E-state index is 0.138. The maximum absolute atomic E-state index is 5.82. The van der Waals surface area contributed by atoms with Crippen molar-refractivity contribution >= 4 is 15.9 Å². The molecule has 12 heavy (non-hydrogen) atoms. The average molecular weight is 230 g/mol. The van der Waals surface area contributed by atoms with E-state index in [0.29, 0.717) is 0 Å². The molecule has 0 fully saturated rings. The second kappa shape index (κ2) is 3.92. The van der Waals surface area contributed by atoms with Crippen LogP contribution in [0.3, 0.4) is 0 Å². The third-order valence-electron chi connectivity index (χ3n) is 1.44. The van der Waals surface area contributed by atoms with E-state index in [9.17, 15) is 0 Å². The fourth-order valence-electron chi connectivity index (χ4n) is 0.949. The number of furan rings is 1. The van der Waals surface area contributed by atoms with Gasteiger partial charge in [0.1, 0.15) is 5.76 Å². The molecule has 1 atom stereocenters. The maximum Gasteiger partial charge on any atom is 0.169 e. The van der Waals surface area contributed by atoms with Crippen LogP contribution in [0, 0.1) is 0 Å². The molecule has 3 heteroatoms. The van der Waals surface area contributed by atoms with E-state index in [1.807, 2.05) is 32.1 Å². The van der Waals surface area contributed by atoms with E-state index in [1.165, 1.54) is 5.57 Å². The van der Waals surface area contributed by atoms with Crippen molar-refractivity contribution in [1.29, 1.82) is 0 Å². The van der Waals surface area contributed by atoms with Crippen molar-refractivity contribution < 1.29 is 4.42 Å². The summed E-state index contributed by atoms with van der Waals surface area (Å²) >= 11 is 3.22. The summed E-state index contributed by atoms with van der Waals surface area (Å²) in [7, 11) is 0. The predicted molar refractivity (Wildman–Crippen MR) is 52.8 cm³/mol. The molecule has 0 saturated heterocycles. The van der Waals surface area contributed by atoms with Crippen molar-refractivity contribution in [2.45, 2.75) is 19.9 Å². The van der Waals surface area contributed by atoms with Gasteiger partial charge < -0.3 is 10.2 Å². The summed E-state index contributed by atoms with van der Waals surface area (Å²) in [6.07, 6.45) is 1.96. The Bertz CT molecular complexity index is 286. The van der Waals surface area contributed by atoms with E-state index in [2.05, 4.69) is 15.9 Å². The second-order valence-corrected chi connectivity index (χ2v) is 3.69. The second-order valence-electron chi connectivity index (χ2n) is 2.91. The van der Waals surface area contributed by atoms with Crippen molar-refractivity contribution in [3.05, 3.63) is 34.2 Å². The molecule has 2 N–H and O–H groups in total. The normalized spacial score (nSPS) is 12.7. The van der Waals surface area contributed by atoms with Crippen molar-refractivity contribution in [2.75, 3.05) is 0 Å². The molecule has 0 spiro atoms. The highest BCUT2D eigenvalue weighted by molar-refractivity contribution is 9.10. The summed E-state index contributed by atoms with van der Waals surface area (Å²) in [5.41, 5.74) is 7.01. The molecular formula is C9H12BrNO. The molecule has 1 aromatic rings. The Balaban J connectivity index is 2.78. The Hall–Kier alpha value is -0.540. The zero-order valence-corrected chi connectivity index (χ0v) is 8.76. The monoisotopic (exact) mass is 229 g/mol. The van der Waals surface area contributed by atoms with Gasteiger partial charge in [0.15, 0.2) is 4.67 Å². The molecule has 0 radical (unpaired) electrons. The molecule has 0 aliphatic heterocycles. The zero-order chi connectivity index (χ0) is 9.14. The summed E-state index contributed by atoms with van der Waals surface area (Å²) in [5.74, 6) is 0.781. The van der Waals surface area contributed by atoms with Gasteiger partial charge in [0.05, 0.1) is 6.04 Å². The Kier molecular flexibility index (Phi) is 3.12. The van der Waals surface area contributed by atoms with Crippen LogP contribution in [0.25, 0.3) is 0 Å².